The largest absolute Gasteiger partial charge is 0.455 e. The molecule has 0 bridgehead atoms. The van der Waals surface area contributed by atoms with Crippen LogP contribution < -0.4 is 10.5 Å². The summed E-state index contributed by atoms with van der Waals surface area (Å²) in [4.78, 5) is 4.40. The first kappa shape index (κ1) is 14.2. The van der Waals surface area contributed by atoms with Gasteiger partial charge in [-0.3, -0.25) is 4.98 Å². The van der Waals surface area contributed by atoms with Gasteiger partial charge < -0.3 is 10.5 Å². The predicted molar refractivity (Wildman–Crippen MR) is 90.1 cm³/mol. The Kier molecular flexibility index (Phi) is 3.74. The van der Waals surface area contributed by atoms with E-state index in [1.807, 2.05) is 43.3 Å². The van der Waals surface area contributed by atoms with Gasteiger partial charge in [-0.15, -0.1) is 0 Å². The topological polar surface area (TPSA) is 48.1 Å². The zero-order valence-electron chi connectivity index (χ0n) is 11.2. The Labute approximate surface area is 135 Å². The molecule has 21 heavy (non-hydrogen) atoms. The standard InChI is InChI=1S/C16H12BrClN2O/c1-9-6-11(2-3-13(9)18)21-15-5-4-14(19)12-7-10(17)8-20-16(12)15/h2-8H,19H2,1H3. The number of aromatic nitrogens is 1. The fourth-order valence-corrected chi connectivity index (χ4v) is 2.53. The SMILES string of the molecule is Cc1cc(Oc2ccc(N)c3cc(Br)cnc23)ccc1Cl. The summed E-state index contributed by atoms with van der Waals surface area (Å²) in [6.07, 6.45) is 1.72. The lowest BCUT2D eigenvalue weighted by molar-refractivity contribution is 0.487. The lowest BCUT2D eigenvalue weighted by atomic mass is 10.1. The van der Waals surface area contributed by atoms with Crippen molar-refractivity contribution in [2.75, 3.05) is 5.73 Å². The zero-order valence-corrected chi connectivity index (χ0v) is 13.6. The molecule has 0 atom stereocenters. The van der Waals surface area contributed by atoms with Crippen LogP contribution in [0.5, 0.6) is 11.5 Å². The Balaban J connectivity index is 2.08. The van der Waals surface area contributed by atoms with Gasteiger partial charge in [0, 0.05) is 26.8 Å². The van der Waals surface area contributed by atoms with E-state index < -0.39 is 0 Å². The maximum Gasteiger partial charge on any atom is 0.153 e. The molecule has 0 saturated heterocycles. The number of pyridine rings is 1. The summed E-state index contributed by atoms with van der Waals surface area (Å²) in [5.74, 6) is 1.38. The minimum Gasteiger partial charge on any atom is -0.455 e. The maximum atomic E-state index is 6.03. The van der Waals surface area contributed by atoms with Crippen molar-refractivity contribution in [2.24, 2.45) is 0 Å². The van der Waals surface area contributed by atoms with Crippen LogP contribution in [0.4, 0.5) is 5.69 Å². The smallest absolute Gasteiger partial charge is 0.153 e. The second-order valence-corrected chi connectivity index (χ2v) is 6.04. The summed E-state index contributed by atoms with van der Waals surface area (Å²) in [6, 6.07) is 11.1. The number of anilines is 1. The maximum absolute atomic E-state index is 6.03. The third-order valence-corrected chi connectivity index (χ3v) is 4.03. The summed E-state index contributed by atoms with van der Waals surface area (Å²) in [5.41, 5.74) is 8.35. The fraction of sp³-hybridized carbons (Fsp3) is 0.0625. The van der Waals surface area contributed by atoms with Gasteiger partial charge >= 0.3 is 0 Å². The van der Waals surface area contributed by atoms with Crippen molar-refractivity contribution in [3.05, 3.63) is 57.7 Å². The van der Waals surface area contributed by atoms with Crippen molar-refractivity contribution in [1.82, 2.24) is 4.98 Å². The third kappa shape index (κ3) is 2.82. The zero-order chi connectivity index (χ0) is 15.0. The number of benzene rings is 2. The Bertz CT molecular complexity index is 836. The second-order valence-electron chi connectivity index (χ2n) is 4.72. The lowest BCUT2D eigenvalue weighted by Crippen LogP contribution is -1.93. The summed E-state index contributed by atoms with van der Waals surface area (Å²) < 4.78 is 6.81. The molecule has 0 spiro atoms. The number of fused-ring (bicyclic) bond motifs is 1. The quantitative estimate of drug-likeness (QED) is 0.626. The minimum absolute atomic E-state index is 0.661. The van der Waals surface area contributed by atoms with Gasteiger partial charge in [0.05, 0.1) is 0 Å². The summed E-state index contributed by atoms with van der Waals surface area (Å²) in [7, 11) is 0. The van der Waals surface area contributed by atoms with Crippen LogP contribution in [0.3, 0.4) is 0 Å². The molecule has 2 aromatic carbocycles. The van der Waals surface area contributed by atoms with Gasteiger partial charge in [0.1, 0.15) is 11.3 Å². The summed E-state index contributed by atoms with van der Waals surface area (Å²) in [6.45, 7) is 1.94. The van der Waals surface area contributed by atoms with Gasteiger partial charge in [0.2, 0.25) is 0 Å². The first-order valence-electron chi connectivity index (χ1n) is 6.32. The van der Waals surface area contributed by atoms with Gasteiger partial charge in [-0.2, -0.15) is 0 Å². The molecule has 0 aliphatic rings. The van der Waals surface area contributed by atoms with E-state index in [0.717, 1.165) is 20.9 Å². The van der Waals surface area contributed by atoms with Crippen molar-refractivity contribution in [3.63, 3.8) is 0 Å². The number of hydrogen-bond acceptors (Lipinski definition) is 3. The molecule has 0 amide bonds. The highest BCUT2D eigenvalue weighted by molar-refractivity contribution is 9.10. The molecule has 0 aliphatic carbocycles. The first-order valence-corrected chi connectivity index (χ1v) is 7.49. The van der Waals surface area contributed by atoms with Crippen LogP contribution in [0.25, 0.3) is 10.9 Å². The molecule has 0 saturated carbocycles. The monoisotopic (exact) mass is 362 g/mol. The molecule has 106 valence electrons. The number of rotatable bonds is 2. The van der Waals surface area contributed by atoms with E-state index in [9.17, 15) is 0 Å². The first-order chi connectivity index (χ1) is 10.0. The number of halogens is 2. The summed E-state index contributed by atoms with van der Waals surface area (Å²) >= 11 is 9.43. The fourth-order valence-electron chi connectivity index (χ4n) is 2.08. The molecule has 0 unspecified atom stereocenters. The van der Waals surface area contributed by atoms with Crippen LogP contribution >= 0.6 is 27.5 Å². The predicted octanol–water partition coefficient (Wildman–Crippen LogP) is 5.33. The van der Waals surface area contributed by atoms with Crippen molar-refractivity contribution in [2.45, 2.75) is 6.92 Å². The van der Waals surface area contributed by atoms with Crippen molar-refractivity contribution < 1.29 is 4.74 Å². The van der Waals surface area contributed by atoms with Crippen molar-refractivity contribution >= 4 is 44.1 Å². The highest BCUT2D eigenvalue weighted by Crippen LogP contribution is 2.34. The average molecular weight is 364 g/mol. The highest BCUT2D eigenvalue weighted by atomic mass is 79.9. The van der Waals surface area contributed by atoms with E-state index >= 15 is 0 Å². The van der Waals surface area contributed by atoms with E-state index in [-0.39, 0.29) is 0 Å². The molecule has 1 aromatic heterocycles. The van der Waals surface area contributed by atoms with Crippen LogP contribution in [0.2, 0.25) is 5.02 Å². The number of hydrogen-bond donors (Lipinski definition) is 1. The molecule has 0 aliphatic heterocycles. The Hall–Kier alpha value is -1.78. The van der Waals surface area contributed by atoms with E-state index in [0.29, 0.717) is 22.2 Å². The minimum atomic E-state index is 0.661. The number of nitrogens with zero attached hydrogens (tertiary/aromatic N) is 1. The molecular weight excluding hydrogens is 352 g/mol. The molecular formula is C16H12BrClN2O. The van der Waals surface area contributed by atoms with Crippen LogP contribution in [0.15, 0.2) is 47.1 Å². The van der Waals surface area contributed by atoms with Crippen LogP contribution in [-0.4, -0.2) is 4.98 Å². The van der Waals surface area contributed by atoms with Gasteiger partial charge in [-0.05, 0) is 64.8 Å². The second kappa shape index (κ2) is 5.54. The summed E-state index contributed by atoms with van der Waals surface area (Å²) in [5, 5.41) is 1.57. The third-order valence-electron chi connectivity index (χ3n) is 3.17. The van der Waals surface area contributed by atoms with Gasteiger partial charge in [0.25, 0.3) is 0 Å². The normalized spacial score (nSPS) is 10.8. The number of aryl methyl sites for hydroxylation is 1. The van der Waals surface area contributed by atoms with E-state index in [1.54, 1.807) is 6.20 Å². The molecule has 3 nitrogen and oxygen atoms in total. The van der Waals surface area contributed by atoms with E-state index in [2.05, 4.69) is 20.9 Å². The van der Waals surface area contributed by atoms with Crippen LogP contribution in [0, 0.1) is 6.92 Å². The molecule has 1 heterocycles. The van der Waals surface area contributed by atoms with Gasteiger partial charge in [-0.1, -0.05) is 11.6 Å². The number of nitrogens with two attached hydrogens (primary N) is 1. The molecule has 3 aromatic rings. The van der Waals surface area contributed by atoms with Crippen LogP contribution in [0.1, 0.15) is 5.56 Å². The van der Waals surface area contributed by atoms with Gasteiger partial charge in [-0.25, -0.2) is 0 Å². The lowest BCUT2D eigenvalue weighted by Gasteiger charge is -2.11. The molecule has 2 N–H and O–H groups in total. The van der Waals surface area contributed by atoms with Crippen LogP contribution in [-0.2, 0) is 0 Å². The Morgan fingerprint density at radius 2 is 2.00 bits per heavy atom. The molecule has 0 radical (unpaired) electrons. The molecule has 0 fully saturated rings. The van der Waals surface area contributed by atoms with Crippen molar-refractivity contribution in [3.8, 4) is 11.5 Å². The van der Waals surface area contributed by atoms with E-state index in [1.165, 1.54) is 0 Å². The Morgan fingerprint density at radius 1 is 1.19 bits per heavy atom. The van der Waals surface area contributed by atoms with Crippen molar-refractivity contribution in [1.29, 1.82) is 0 Å². The van der Waals surface area contributed by atoms with E-state index in [4.69, 9.17) is 22.1 Å². The van der Waals surface area contributed by atoms with Gasteiger partial charge in [0.15, 0.2) is 5.75 Å². The average Bonchev–Trinajstić information content (AvgIpc) is 2.46. The number of nitrogen functional groups attached to an aromatic ring is 1. The molecule has 3 rings (SSSR count). The Morgan fingerprint density at radius 3 is 2.76 bits per heavy atom. The number of ether oxygens (including phenoxy) is 1. The highest BCUT2D eigenvalue weighted by Gasteiger charge is 2.09. The molecule has 5 heteroatoms.